The van der Waals surface area contributed by atoms with Crippen LogP contribution in [-0.4, -0.2) is 28.1 Å². The molecule has 0 heterocycles. The number of esters is 1. The summed E-state index contributed by atoms with van der Waals surface area (Å²) in [5, 5.41) is 24.0. The topological polar surface area (TPSA) is 131 Å². The fourth-order valence-electron chi connectivity index (χ4n) is 2.41. The number of rotatable bonds is 6. The van der Waals surface area contributed by atoms with Crippen molar-refractivity contribution < 1.29 is 24.4 Å². The van der Waals surface area contributed by atoms with Gasteiger partial charge in [-0.25, -0.2) is 10.2 Å². The molecule has 0 fully saturated rings. The lowest BCUT2D eigenvalue weighted by Gasteiger charge is -2.04. The number of amides is 1. The summed E-state index contributed by atoms with van der Waals surface area (Å²) in [5.74, 6) is -0.988. The van der Waals surface area contributed by atoms with Crippen molar-refractivity contribution in [3.05, 3.63) is 99.6 Å². The Bertz CT molecular complexity index is 1130. The van der Waals surface area contributed by atoms with Crippen molar-refractivity contribution in [2.45, 2.75) is 0 Å². The minimum Gasteiger partial charge on any atom is -0.508 e. The van der Waals surface area contributed by atoms with Gasteiger partial charge in [-0.1, -0.05) is 12.1 Å². The number of ether oxygens (including phenoxy) is 1. The van der Waals surface area contributed by atoms with Crippen LogP contribution in [0.15, 0.2) is 77.9 Å². The zero-order valence-electron chi connectivity index (χ0n) is 15.4. The van der Waals surface area contributed by atoms with Crippen LogP contribution in [0.3, 0.4) is 0 Å². The van der Waals surface area contributed by atoms with Gasteiger partial charge in [-0.05, 0) is 54.1 Å². The summed E-state index contributed by atoms with van der Waals surface area (Å²) >= 11 is 0. The molecule has 9 nitrogen and oxygen atoms in total. The Kier molecular flexibility index (Phi) is 6.14. The monoisotopic (exact) mass is 405 g/mol. The first kappa shape index (κ1) is 20.2. The molecule has 0 unspecified atom stereocenters. The van der Waals surface area contributed by atoms with Crippen molar-refractivity contribution in [3.8, 4) is 11.5 Å². The van der Waals surface area contributed by atoms with E-state index in [0.29, 0.717) is 5.56 Å². The number of nitro groups is 1. The molecule has 0 radical (unpaired) electrons. The zero-order valence-corrected chi connectivity index (χ0v) is 15.4. The van der Waals surface area contributed by atoms with Crippen molar-refractivity contribution >= 4 is 23.8 Å². The predicted molar refractivity (Wildman–Crippen MR) is 108 cm³/mol. The quantitative estimate of drug-likeness (QED) is 0.213. The summed E-state index contributed by atoms with van der Waals surface area (Å²) in [6, 6.07) is 17.4. The van der Waals surface area contributed by atoms with Crippen molar-refractivity contribution in [1.29, 1.82) is 0 Å². The van der Waals surface area contributed by atoms with Crippen molar-refractivity contribution in [3.63, 3.8) is 0 Å². The number of aromatic hydroxyl groups is 1. The molecule has 0 aliphatic carbocycles. The van der Waals surface area contributed by atoms with Gasteiger partial charge in [-0.2, -0.15) is 5.10 Å². The number of phenolic OH excluding ortho intramolecular Hbond substituents is 1. The third-order valence-electron chi connectivity index (χ3n) is 3.87. The summed E-state index contributed by atoms with van der Waals surface area (Å²) in [7, 11) is 0. The van der Waals surface area contributed by atoms with E-state index in [1.165, 1.54) is 54.7 Å². The van der Waals surface area contributed by atoms with Gasteiger partial charge in [0.2, 0.25) is 0 Å². The van der Waals surface area contributed by atoms with Crippen LogP contribution in [0.25, 0.3) is 0 Å². The minimum absolute atomic E-state index is 0.0260. The molecular weight excluding hydrogens is 390 g/mol. The highest BCUT2D eigenvalue weighted by Gasteiger charge is 2.13. The van der Waals surface area contributed by atoms with Gasteiger partial charge in [0, 0.05) is 17.7 Å². The average Bonchev–Trinajstić information content (AvgIpc) is 2.75. The Morgan fingerprint density at radius 1 is 1.00 bits per heavy atom. The molecule has 0 atom stereocenters. The molecule has 0 aliphatic heterocycles. The van der Waals surface area contributed by atoms with Crippen molar-refractivity contribution in [2.75, 3.05) is 0 Å². The van der Waals surface area contributed by atoms with E-state index in [1.807, 2.05) is 0 Å². The average molecular weight is 405 g/mol. The third kappa shape index (κ3) is 5.26. The highest BCUT2D eigenvalue weighted by atomic mass is 16.6. The number of nitrogens with zero attached hydrogens (tertiary/aromatic N) is 2. The molecule has 0 spiro atoms. The van der Waals surface area contributed by atoms with E-state index in [4.69, 9.17) is 4.74 Å². The molecule has 0 saturated carbocycles. The van der Waals surface area contributed by atoms with Crippen molar-refractivity contribution in [2.24, 2.45) is 5.10 Å². The summed E-state index contributed by atoms with van der Waals surface area (Å²) in [6.07, 6.45) is 1.40. The minimum atomic E-state index is -0.724. The number of hydrazone groups is 1. The smallest absolute Gasteiger partial charge is 0.343 e. The zero-order chi connectivity index (χ0) is 21.5. The number of benzene rings is 3. The number of hydrogen-bond donors (Lipinski definition) is 2. The summed E-state index contributed by atoms with van der Waals surface area (Å²) in [5.41, 5.74) is 3.08. The van der Waals surface area contributed by atoms with E-state index in [9.17, 15) is 24.8 Å². The standard InChI is InChI=1S/C21H15N3O6/c25-18-6-2-3-15(12-18)20(26)23-22-13-14-7-9-19(10-8-14)30-21(27)16-4-1-5-17(11-16)24(28)29/h1-13,25H,(H,23,26). The fraction of sp³-hybridized carbons (Fsp3) is 0. The van der Waals surface area contributed by atoms with Gasteiger partial charge in [-0.15, -0.1) is 0 Å². The molecule has 0 aromatic heterocycles. The fourth-order valence-corrected chi connectivity index (χ4v) is 2.41. The number of non-ortho nitro benzene ring substituents is 1. The lowest BCUT2D eigenvalue weighted by atomic mass is 10.2. The Hall–Kier alpha value is -4.53. The molecule has 0 aliphatic rings. The van der Waals surface area contributed by atoms with Crippen LogP contribution in [0, 0.1) is 10.1 Å². The number of nitrogens with one attached hydrogen (secondary N) is 1. The molecule has 2 N–H and O–H groups in total. The summed E-state index contributed by atoms with van der Waals surface area (Å²) < 4.78 is 5.20. The summed E-state index contributed by atoms with van der Waals surface area (Å²) in [6.45, 7) is 0. The van der Waals surface area contributed by atoms with Crippen LogP contribution in [0.1, 0.15) is 26.3 Å². The maximum absolute atomic E-state index is 12.1. The Labute approximate surface area is 170 Å². The van der Waals surface area contributed by atoms with Gasteiger partial charge >= 0.3 is 5.97 Å². The molecular formula is C21H15N3O6. The third-order valence-corrected chi connectivity index (χ3v) is 3.87. The molecule has 0 saturated heterocycles. The maximum atomic E-state index is 12.1. The van der Waals surface area contributed by atoms with E-state index in [0.717, 1.165) is 6.07 Å². The van der Waals surface area contributed by atoms with Crippen LogP contribution in [0.4, 0.5) is 5.69 Å². The first-order valence-electron chi connectivity index (χ1n) is 8.61. The highest BCUT2D eigenvalue weighted by molar-refractivity contribution is 5.95. The summed E-state index contributed by atoms with van der Waals surface area (Å²) in [4.78, 5) is 34.3. The van der Waals surface area contributed by atoms with E-state index >= 15 is 0 Å². The van der Waals surface area contributed by atoms with E-state index in [2.05, 4.69) is 10.5 Å². The molecule has 3 aromatic carbocycles. The van der Waals surface area contributed by atoms with Crippen LogP contribution >= 0.6 is 0 Å². The number of phenols is 1. The van der Waals surface area contributed by atoms with Gasteiger partial charge in [0.1, 0.15) is 11.5 Å². The predicted octanol–water partition coefficient (Wildman–Crippen LogP) is 3.28. The van der Waals surface area contributed by atoms with E-state index in [-0.39, 0.29) is 28.3 Å². The van der Waals surface area contributed by atoms with Gasteiger partial charge in [0.15, 0.2) is 0 Å². The normalized spacial score (nSPS) is 10.5. The number of carbonyl (C=O) groups is 2. The lowest BCUT2D eigenvalue weighted by molar-refractivity contribution is -0.384. The van der Waals surface area contributed by atoms with Gasteiger partial charge in [0.05, 0.1) is 16.7 Å². The number of carbonyl (C=O) groups excluding carboxylic acids is 2. The Balaban J connectivity index is 1.59. The van der Waals surface area contributed by atoms with Gasteiger partial charge in [0.25, 0.3) is 11.6 Å². The first-order chi connectivity index (χ1) is 14.4. The second-order valence-electron chi connectivity index (χ2n) is 6.02. The Morgan fingerprint density at radius 2 is 1.70 bits per heavy atom. The SMILES string of the molecule is O=C(NN=Cc1ccc(OC(=O)c2cccc([N+](=O)[O-])c2)cc1)c1cccc(O)c1. The number of hydrogen-bond acceptors (Lipinski definition) is 7. The molecule has 0 bridgehead atoms. The number of nitro benzene ring substituents is 1. The van der Waals surface area contributed by atoms with Gasteiger partial charge < -0.3 is 9.84 Å². The van der Waals surface area contributed by atoms with Crippen molar-refractivity contribution in [1.82, 2.24) is 5.43 Å². The van der Waals surface area contributed by atoms with Gasteiger partial charge in [-0.3, -0.25) is 14.9 Å². The van der Waals surface area contributed by atoms with Crippen LogP contribution < -0.4 is 10.2 Å². The Morgan fingerprint density at radius 3 is 2.40 bits per heavy atom. The lowest BCUT2D eigenvalue weighted by Crippen LogP contribution is -2.17. The second-order valence-corrected chi connectivity index (χ2v) is 6.02. The molecule has 3 rings (SSSR count). The molecule has 1 amide bonds. The highest BCUT2D eigenvalue weighted by Crippen LogP contribution is 2.17. The second kappa shape index (κ2) is 9.11. The molecule has 9 heteroatoms. The van der Waals surface area contributed by atoms with Crippen LogP contribution in [0.5, 0.6) is 11.5 Å². The molecule has 3 aromatic rings. The van der Waals surface area contributed by atoms with E-state index in [1.54, 1.807) is 18.2 Å². The maximum Gasteiger partial charge on any atom is 0.343 e. The largest absolute Gasteiger partial charge is 0.508 e. The van der Waals surface area contributed by atoms with E-state index < -0.39 is 16.8 Å². The molecule has 150 valence electrons. The van der Waals surface area contributed by atoms with Crippen LogP contribution in [-0.2, 0) is 0 Å². The molecule has 30 heavy (non-hydrogen) atoms. The van der Waals surface area contributed by atoms with Crippen LogP contribution in [0.2, 0.25) is 0 Å². The first-order valence-corrected chi connectivity index (χ1v) is 8.61.